The molecule has 0 saturated heterocycles. The van der Waals surface area contributed by atoms with Gasteiger partial charge in [-0.1, -0.05) is 54.2 Å². The van der Waals surface area contributed by atoms with Crippen molar-refractivity contribution in [3.63, 3.8) is 0 Å². The molecule has 3 aromatic rings. The van der Waals surface area contributed by atoms with Crippen LogP contribution in [0.4, 0.5) is 5.69 Å². The Morgan fingerprint density at radius 3 is 2.52 bits per heavy atom. The monoisotopic (exact) mass is 379 g/mol. The number of para-hydroxylation sites is 2. The molecule has 3 rings (SSSR count). The van der Waals surface area contributed by atoms with E-state index in [1.807, 2.05) is 74.5 Å². The number of hydrogen-bond donors (Lipinski definition) is 1. The fraction of sp³-hybridized carbons (Fsp3) is 0.190. The quantitative estimate of drug-likeness (QED) is 0.502. The Bertz CT molecular complexity index is 932. The van der Waals surface area contributed by atoms with Crippen LogP contribution in [0.15, 0.2) is 65.7 Å². The molecule has 138 valence electrons. The molecule has 0 unspecified atom stereocenters. The number of benzene rings is 2. The Morgan fingerprint density at radius 2 is 1.78 bits per heavy atom. The van der Waals surface area contributed by atoms with Crippen molar-refractivity contribution in [1.82, 2.24) is 9.97 Å². The minimum atomic E-state index is -0.326. The lowest BCUT2D eigenvalue weighted by Gasteiger charge is -2.14. The van der Waals surface area contributed by atoms with Crippen LogP contribution in [0.3, 0.4) is 0 Å². The zero-order chi connectivity index (χ0) is 19.2. The molecular formula is C21H21N3O2S. The van der Waals surface area contributed by atoms with Gasteiger partial charge in [-0.15, -0.1) is 0 Å². The number of carbonyl (C=O) groups excluding carboxylic acids is 1. The normalized spacial score (nSPS) is 11.7. The first-order chi connectivity index (χ1) is 13.1. The summed E-state index contributed by atoms with van der Waals surface area (Å²) in [6.45, 7) is 3.71. The van der Waals surface area contributed by atoms with Gasteiger partial charge in [0.25, 0.3) is 0 Å². The zero-order valence-electron chi connectivity index (χ0n) is 15.5. The van der Waals surface area contributed by atoms with Crippen molar-refractivity contribution in [1.29, 1.82) is 0 Å². The minimum Gasteiger partial charge on any atom is -0.495 e. The number of anilines is 1. The lowest BCUT2D eigenvalue weighted by Crippen LogP contribution is -2.22. The van der Waals surface area contributed by atoms with Crippen molar-refractivity contribution in [3.8, 4) is 17.0 Å². The minimum absolute atomic E-state index is 0.109. The second-order valence-electron chi connectivity index (χ2n) is 5.95. The van der Waals surface area contributed by atoms with Gasteiger partial charge in [0.1, 0.15) is 16.6 Å². The molecule has 0 radical (unpaired) electrons. The van der Waals surface area contributed by atoms with Crippen molar-refractivity contribution in [2.24, 2.45) is 0 Å². The van der Waals surface area contributed by atoms with E-state index >= 15 is 0 Å². The number of hydrogen-bond acceptors (Lipinski definition) is 5. The summed E-state index contributed by atoms with van der Waals surface area (Å²) in [4.78, 5) is 21.6. The summed E-state index contributed by atoms with van der Waals surface area (Å²) in [7, 11) is 1.58. The van der Waals surface area contributed by atoms with Crippen molar-refractivity contribution in [2.45, 2.75) is 24.1 Å². The average molecular weight is 379 g/mol. The molecule has 0 bridgehead atoms. The first-order valence-corrected chi connectivity index (χ1v) is 9.46. The van der Waals surface area contributed by atoms with Crippen molar-refractivity contribution in [3.05, 3.63) is 66.5 Å². The molecule has 0 saturated carbocycles. The molecule has 0 aliphatic carbocycles. The maximum atomic E-state index is 12.6. The van der Waals surface area contributed by atoms with E-state index in [1.165, 1.54) is 11.8 Å². The summed E-state index contributed by atoms with van der Waals surface area (Å²) in [6.07, 6.45) is 0. The van der Waals surface area contributed by atoms with E-state index in [1.54, 1.807) is 7.11 Å². The number of aryl methyl sites for hydroxylation is 1. The summed E-state index contributed by atoms with van der Waals surface area (Å²) in [5.41, 5.74) is 2.53. The molecule has 5 nitrogen and oxygen atoms in total. The van der Waals surface area contributed by atoms with Crippen LogP contribution in [0.1, 0.15) is 12.7 Å². The zero-order valence-corrected chi connectivity index (χ0v) is 16.3. The van der Waals surface area contributed by atoms with Gasteiger partial charge in [-0.25, -0.2) is 9.97 Å². The van der Waals surface area contributed by atoms with Crippen LogP contribution in [0.2, 0.25) is 0 Å². The summed E-state index contributed by atoms with van der Waals surface area (Å²) in [5, 5.41) is 3.36. The molecule has 0 fully saturated rings. The van der Waals surface area contributed by atoms with Gasteiger partial charge in [0.15, 0.2) is 0 Å². The van der Waals surface area contributed by atoms with E-state index < -0.39 is 0 Å². The predicted molar refractivity (Wildman–Crippen MR) is 109 cm³/mol. The molecule has 6 heteroatoms. The SMILES string of the molecule is COc1ccccc1NC(=O)[C@@H](C)Sc1cc(-c2ccccc2)nc(C)n1. The van der Waals surface area contributed by atoms with Crippen molar-refractivity contribution in [2.75, 3.05) is 12.4 Å². The highest BCUT2D eigenvalue weighted by Gasteiger charge is 2.18. The van der Waals surface area contributed by atoms with Crippen LogP contribution >= 0.6 is 11.8 Å². The van der Waals surface area contributed by atoms with Crippen LogP contribution in [-0.2, 0) is 4.79 Å². The van der Waals surface area contributed by atoms with E-state index in [0.29, 0.717) is 17.3 Å². The Morgan fingerprint density at radius 1 is 1.07 bits per heavy atom. The highest BCUT2D eigenvalue weighted by atomic mass is 32.2. The van der Waals surface area contributed by atoms with Crippen molar-refractivity contribution < 1.29 is 9.53 Å². The first-order valence-electron chi connectivity index (χ1n) is 8.58. The largest absolute Gasteiger partial charge is 0.495 e. The number of aromatic nitrogens is 2. The summed E-state index contributed by atoms with van der Waals surface area (Å²) >= 11 is 1.40. The summed E-state index contributed by atoms with van der Waals surface area (Å²) in [5.74, 6) is 1.20. The standard InChI is InChI=1S/C21H21N3O2S/c1-14(21(25)24-17-11-7-8-12-19(17)26-3)27-20-13-18(22-15(2)23-20)16-9-5-4-6-10-16/h4-14H,1-3H3,(H,24,25)/t14-/m1/s1. The number of rotatable bonds is 6. The van der Waals surface area contributed by atoms with E-state index in [-0.39, 0.29) is 11.2 Å². The fourth-order valence-corrected chi connectivity index (χ4v) is 3.47. The lowest BCUT2D eigenvalue weighted by atomic mass is 10.1. The Labute approximate surface area is 163 Å². The molecule has 0 spiro atoms. The summed E-state index contributed by atoms with van der Waals surface area (Å²) in [6, 6.07) is 19.2. The number of amides is 1. The highest BCUT2D eigenvalue weighted by molar-refractivity contribution is 8.00. The first kappa shape index (κ1) is 18.9. The van der Waals surface area contributed by atoms with Crippen molar-refractivity contribution >= 4 is 23.4 Å². The van der Waals surface area contributed by atoms with Gasteiger partial charge in [0.2, 0.25) is 5.91 Å². The molecule has 1 atom stereocenters. The number of methoxy groups -OCH3 is 1. The predicted octanol–water partition coefficient (Wildman–Crippen LogP) is 4.58. The average Bonchev–Trinajstić information content (AvgIpc) is 2.68. The van der Waals surface area contributed by atoms with E-state index in [2.05, 4.69) is 15.3 Å². The highest BCUT2D eigenvalue weighted by Crippen LogP contribution is 2.28. The number of nitrogens with zero attached hydrogens (tertiary/aromatic N) is 2. The Balaban J connectivity index is 1.74. The molecular weight excluding hydrogens is 358 g/mol. The van der Waals surface area contributed by atoms with Crippen LogP contribution in [0.5, 0.6) is 5.75 Å². The molecule has 1 heterocycles. The molecule has 0 aliphatic rings. The van der Waals surface area contributed by atoms with Crippen LogP contribution in [-0.4, -0.2) is 28.2 Å². The smallest absolute Gasteiger partial charge is 0.237 e. The Hall–Kier alpha value is -2.86. The van der Waals surface area contributed by atoms with Crippen LogP contribution < -0.4 is 10.1 Å². The molecule has 1 aromatic heterocycles. The van der Waals surface area contributed by atoms with Gasteiger partial charge in [-0.2, -0.15) is 0 Å². The topological polar surface area (TPSA) is 64.1 Å². The molecule has 1 amide bonds. The van der Waals surface area contributed by atoms with Crippen LogP contribution in [0.25, 0.3) is 11.3 Å². The second-order valence-corrected chi connectivity index (χ2v) is 7.32. The van der Waals surface area contributed by atoms with E-state index in [9.17, 15) is 4.79 Å². The Kier molecular flexibility index (Phi) is 6.08. The molecule has 0 aliphatic heterocycles. The molecule has 27 heavy (non-hydrogen) atoms. The second kappa shape index (κ2) is 8.68. The van der Waals surface area contributed by atoms with Gasteiger partial charge in [0, 0.05) is 5.56 Å². The van der Waals surface area contributed by atoms with E-state index in [4.69, 9.17) is 4.74 Å². The van der Waals surface area contributed by atoms with Gasteiger partial charge in [-0.05, 0) is 32.0 Å². The number of carbonyl (C=O) groups is 1. The third kappa shape index (κ3) is 4.86. The lowest BCUT2D eigenvalue weighted by molar-refractivity contribution is -0.115. The van der Waals surface area contributed by atoms with Gasteiger partial charge >= 0.3 is 0 Å². The fourth-order valence-electron chi connectivity index (χ4n) is 2.57. The number of ether oxygens (including phenoxy) is 1. The maximum absolute atomic E-state index is 12.6. The maximum Gasteiger partial charge on any atom is 0.237 e. The number of thioether (sulfide) groups is 1. The summed E-state index contributed by atoms with van der Waals surface area (Å²) < 4.78 is 5.28. The van der Waals surface area contributed by atoms with Crippen LogP contribution in [0, 0.1) is 6.92 Å². The third-order valence-electron chi connectivity index (χ3n) is 3.92. The number of nitrogens with one attached hydrogen (secondary N) is 1. The van der Waals surface area contributed by atoms with Gasteiger partial charge < -0.3 is 10.1 Å². The molecule has 2 aromatic carbocycles. The third-order valence-corrected chi connectivity index (χ3v) is 4.93. The van der Waals surface area contributed by atoms with Gasteiger partial charge in [0.05, 0.1) is 23.7 Å². The molecule has 1 N–H and O–H groups in total. The van der Waals surface area contributed by atoms with Gasteiger partial charge in [-0.3, -0.25) is 4.79 Å². The van der Waals surface area contributed by atoms with E-state index in [0.717, 1.165) is 16.3 Å².